The van der Waals surface area contributed by atoms with Gasteiger partial charge in [-0.1, -0.05) is 6.07 Å². The number of nitrogens with one attached hydrogen (secondary N) is 3. The van der Waals surface area contributed by atoms with Gasteiger partial charge in [0.1, 0.15) is 11.5 Å². The number of hydrogen-bond acceptors (Lipinski definition) is 4. The molecule has 0 radical (unpaired) electrons. The molecular formula is C22H25FN4O2. The molecule has 152 valence electrons. The van der Waals surface area contributed by atoms with Gasteiger partial charge in [-0.2, -0.15) is 0 Å². The molecule has 4 N–H and O–H groups in total. The highest BCUT2D eigenvalue weighted by Gasteiger charge is 2.19. The summed E-state index contributed by atoms with van der Waals surface area (Å²) in [4.78, 5) is 19.5. The lowest BCUT2D eigenvalue weighted by atomic mass is 9.93. The van der Waals surface area contributed by atoms with Gasteiger partial charge in [-0.3, -0.25) is 4.79 Å². The molecule has 2 aromatic heterocycles. The van der Waals surface area contributed by atoms with E-state index in [4.69, 9.17) is 0 Å². The zero-order chi connectivity index (χ0) is 20.2. The molecule has 0 atom stereocenters. The fourth-order valence-corrected chi connectivity index (χ4v) is 3.87. The number of anilines is 1. The number of rotatable bonds is 6. The molecule has 1 fully saturated rings. The molecule has 1 aliphatic carbocycles. The second kappa shape index (κ2) is 8.71. The number of aromatic amines is 1. The van der Waals surface area contributed by atoms with Gasteiger partial charge in [-0.15, -0.1) is 0 Å². The zero-order valence-corrected chi connectivity index (χ0v) is 16.1. The van der Waals surface area contributed by atoms with Crippen LogP contribution in [0.3, 0.4) is 0 Å². The van der Waals surface area contributed by atoms with Crippen LogP contribution in [0, 0.1) is 5.82 Å². The fraction of sp³-hybridized carbons (Fsp3) is 0.364. The van der Waals surface area contributed by atoms with E-state index in [9.17, 15) is 14.3 Å². The summed E-state index contributed by atoms with van der Waals surface area (Å²) in [5, 5.41) is 16.5. The Morgan fingerprint density at radius 1 is 1.17 bits per heavy atom. The third kappa shape index (κ3) is 4.81. The lowest BCUT2D eigenvalue weighted by Crippen LogP contribution is -2.39. The van der Waals surface area contributed by atoms with Crippen molar-refractivity contribution < 1.29 is 14.3 Å². The van der Waals surface area contributed by atoms with Crippen LogP contribution < -0.4 is 10.6 Å². The van der Waals surface area contributed by atoms with Gasteiger partial charge < -0.3 is 20.7 Å². The molecule has 1 saturated carbocycles. The first-order valence-electron chi connectivity index (χ1n) is 9.99. The van der Waals surface area contributed by atoms with Crippen molar-refractivity contribution >= 4 is 22.6 Å². The van der Waals surface area contributed by atoms with Crippen molar-refractivity contribution in [3.63, 3.8) is 0 Å². The minimum atomic E-state index is -0.350. The summed E-state index contributed by atoms with van der Waals surface area (Å²) < 4.78 is 14.6. The van der Waals surface area contributed by atoms with Gasteiger partial charge in [0.2, 0.25) is 5.91 Å². The molecule has 6 nitrogen and oxygen atoms in total. The molecule has 2 heterocycles. The van der Waals surface area contributed by atoms with Crippen molar-refractivity contribution in [3.8, 4) is 0 Å². The Morgan fingerprint density at radius 2 is 2.00 bits per heavy atom. The Bertz CT molecular complexity index is 995. The number of fused-ring (bicyclic) bond motifs is 1. The van der Waals surface area contributed by atoms with Crippen LogP contribution in [0.1, 0.15) is 36.8 Å². The Kier molecular flexibility index (Phi) is 5.87. The number of benzene rings is 1. The second-order valence-electron chi connectivity index (χ2n) is 7.63. The number of pyridine rings is 1. The molecule has 7 heteroatoms. The number of H-pyrrole nitrogens is 1. The normalized spacial score (nSPS) is 19.4. The highest BCUT2D eigenvalue weighted by molar-refractivity contribution is 5.92. The maximum absolute atomic E-state index is 14.6. The predicted molar refractivity (Wildman–Crippen MR) is 110 cm³/mol. The number of carbonyl (C=O) groups excluding carboxylic acids is 1. The molecule has 1 aromatic carbocycles. The first-order chi connectivity index (χ1) is 14.1. The van der Waals surface area contributed by atoms with Crippen molar-refractivity contribution in [2.75, 3.05) is 11.9 Å². The van der Waals surface area contributed by atoms with Crippen LogP contribution in [0.15, 0.2) is 42.7 Å². The van der Waals surface area contributed by atoms with Gasteiger partial charge >= 0.3 is 0 Å². The van der Waals surface area contributed by atoms with Gasteiger partial charge in [0.15, 0.2) is 0 Å². The van der Waals surface area contributed by atoms with Crippen molar-refractivity contribution in [1.82, 2.24) is 15.3 Å². The van der Waals surface area contributed by atoms with Crippen molar-refractivity contribution in [2.24, 2.45) is 0 Å². The van der Waals surface area contributed by atoms with Crippen LogP contribution in [0.25, 0.3) is 11.0 Å². The Balaban J connectivity index is 1.34. The maximum atomic E-state index is 14.6. The van der Waals surface area contributed by atoms with E-state index in [1.807, 2.05) is 18.3 Å². The van der Waals surface area contributed by atoms with E-state index in [1.165, 1.54) is 6.07 Å². The number of aliphatic hydroxyl groups is 1. The second-order valence-corrected chi connectivity index (χ2v) is 7.63. The molecule has 0 bridgehead atoms. The van der Waals surface area contributed by atoms with E-state index in [2.05, 4.69) is 20.6 Å². The van der Waals surface area contributed by atoms with Gasteiger partial charge in [0.05, 0.1) is 12.6 Å². The van der Waals surface area contributed by atoms with Crippen LogP contribution in [-0.4, -0.2) is 39.7 Å². The van der Waals surface area contributed by atoms with Gasteiger partial charge in [0.25, 0.3) is 0 Å². The summed E-state index contributed by atoms with van der Waals surface area (Å²) >= 11 is 0. The number of hydrogen-bond donors (Lipinski definition) is 4. The van der Waals surface area contributed by atoms with E-state index in [0.29, 0.717) is 17.7 Å². The summed E-state index contributed by atoms with van der Waals surface area (Å²) in [6.45, 7) is 0.173. The summed E-state index contributed by atoms with van der Waals surface area (Å²) in [7, 11) is 0. The summed E-state index contributed by atoms with van der Waals surface area (Å²) in [6, 6.07) is 8.86. The monoisotopic (exact) mass is 396 g/mol. The van der Waals surface area contributed by atoms with Crippen LogP contribution in [0.5, 0.6) is 0 Å². The third-order valence-electron chi connectivity index (χ3n) is 5.52. The van der Waals surface area contributed by atoms with E-state index in [0.717, 1.165) is 42.3 Å². The fourth-order valence-electron chi connectivity index (χ4n) is 3.87. The number of aromatic nitrogens is 2. The Labute approximate surface area is 168 Å². The molecule has 1 amide bonds. The van der Waals surface area contributed by atoms with E-state index < -0.39 is 0 Å². The number of halogens is 1. The van der Waals surface area contributed by atoms with Gasteiger partial charge in [0, 0.05) is 35.9 Å². The molecule has 4 rings (SSSR count). The Morgan fingerprint density at radius 3 is 2.79 bits per heavy atom. The SMILES string of the molecule is O=C(CN[C@H]1CC[C@H](O)CC1)Nc1ccc(Cc2ccnc3[nH]ccc23)c(F)c1. The average molecular weight is 396 g/mol. The van der Waals surface area contributed by atoms with Crippen LogP contribution in [0.4, 0.5) is 10.1 Å². The minimum Gasteiger partial charge on any atom is -0.393 e. The zero-order valence-electron chi connectivity index (χ0n) is 16.1. The van der Waals surface area contributed by atoms with Gasteiger partial charge in [-0.05, 0) is 61.1 Å². The Hall–Kier alpha value is -2.77. The topological polar surface area (TPSA) is 90.0 Å². The molecule has 0 spiro atoms. The molecule has 0 saturated heterocycles. The first kappa shape index (κ1) is 19.5. The highest BCUT2D eigenvalue weighted by Crippen LogP contribution is 2.22. The van der Waals surface area contributed by atoms with Crippen molar-refractivity contribution in [1.29, 1.82) is 0 Å². The number of aliphatic hydroxyl groups excluding tert-OH is 1. The lowest BCUT2D eigenvalue weighted by molar-refractivity contribution is -0.115. The van der Waals surface area contributed by atoms with E-state index in [1.54, 1.807) is 18.3 Å². The van der Waals surface area contributed by atoms with Crippen LogP contribution >= 0.6 is 0 Å². The summed E-state index contributed by atoms with van der Waals surface area (Å²) in [6.07, 6.45) is 7.01. The van der Waals surface area contributed by atoms with Gasteiger partial charge in [-0.25, -0.2) is 9.37 Å². The largest absolute Gasteiger partial charge is 0.393 e. The van der Waals surface area contributed by atoms with Crippen molar-refractivity contribution in [3.05, 3.63) is 59.7 Å². The van der Waals surface area contributed by atoms with Crippen LogP contribution in [-0.2, 0) is 11.2 Å². The maximum Gasteiger partial charge on any atom is 0.238 e. The number of amides is 1. The first-order valence-corrected chi connectivity index (χ1v) is 9.99. The quantitative estimate of drug-likeness (QED) is 0.515. The molecule has 3 aromatic rings. The molecule has 1 aliphatic rings. The molecule has 0 aliphatic heterocycles. The van der Waals surface area contributed by atoms with E-state index >= 15 is 0 Å². The standard InChI is InChI=1S/C22H25FN4O2/c23-20-12-17(27-21(29)13-26-16-3-5-18(28)6-4-16)2-1-15(20)11-14-7-9-24-22-19(14)8-10-25-22/h1-2,7-10,12,16,18,26,28H,3-6,11,13H2,(H,24,25)(H,27,29)/t16-,18-. The van der Waals surface area contributed by atoms with E-state index in [-0.39, 0.29) is 30.4 Å². The number of nitrogens with zero attached hydrogens (tertiary/aromatic N) is 1. The predicted octanol–water partition coefficient (Wildman–Crippen LogP) is 3.12. The molecular weight excluding hydrogens is 371 g/mol. The van der Waals surface area contributed by atoms with Crippen molar-refractivity contribution in [2.45, 2.75) is 44.2 Å². The smallest absolute Gasteiger partial charge is 0.238 e. The summed E-state index contributed by atoms with van der Waals surface area (Å²) in [5.74, 6) is -0.552. The lowest BCUT2D eigenvalue weighted by Gasteiger charge is -2.26. The highest BCUT2D eigenvalue weighted by atomic mass is 19.1. The summed E-state index contributed by atoms with van der Waals surface area (Å²) in [5.41, 5.74) is 2.79. The number of carbonyl (C=O) groups is 1. The van der Waals surface area contributed by atoms with Crippen LogP contribution in [0.2, 0.25) is 0 Å². The third-order valence-corrected chi connectivity index (χ3v) is 5.52. The minimum absolute atomic E-state index is 0.173. The molecule has 0 unspecified atom stereocenters. The average Bonchev–Trinajstić information content (AvgIpc) is 3.19. The molecule has 29 heavy (non-hydrogen) atoms.